The summed E-state index contributed by atoms with van der Waals surface area (Å²) in [6.07, 6.45) is 4.86. The molecule has 1 heterocycles. The van der Waals surface area contributed by atoms with Crippen LogP contribution in [0.1, 0.15) is 43.4 Å². The molecule has 0 atom stereocenters. The van der Waals surface area contributed by atoms with E-state index >= 15 is 0 Å². The van der Waals surface area contributed by atoms with Crippen LogP contribution in [-0.2, 0) is 10.2 Å². The number of para-hydroxylation sites is 2. The molecule has 4 aromatic carbocycles. The van der Waals surface area contributed by atoms with Gasteiger partial charge in [0.05, 0.1) is 5.69 Å². The van der Waals surface area contributed by atoms with Crippen molar-refractivity contribution in [1.82, 2.24) is 4.98 Å². The van der Waals surface area contributed by atoms with Gasteiger partial charge in [0.1, 0.15) is 11.6 Å². The Morgan fingerprint density at radius 2 is 1.42 bits per heavy atom. The minimum Gasteiger partial charge on any atom is -0.477 e. The number of anilines is 3. The van der Waals surface area contributed by atoms with Gasteiger partial charge in [0.2, 0.25) is 0 Å². The van der Waals surface area contributed by atoms with Crippen molar-refractivity contribution in [3.05, 3.63) is 138 Å². The van der Waals surface area contributed by atoms with E-state index in [4.69, 9.17) is 5.26 Å². The molecule has 0 amide bonds. The fourth-order valence-electron chi connectivity index (χ4n) is 6.36. The van der Waals surface area contributed by atoms with Crippen molar-refractivity contribution in [2.24, 2.45) is 0 Å². The lowest BCUT2D eigenvalue weighted by molar-refractivity contribution is -0.132. The maximum Gasteiger partial charge on any atom is 0.346 e. The summed E-state index contributed by atoms with van der Waals surface area (Å²) in [5.74, 6) is -1.25. The molecule has 1 aliphatic rings. The average molecular weight is 562 g/mol. The van der Waals surface area contributed by atoms with Crippen LogP contribution in [-0.4, -0.2) is 16.1 Å². The number of carboxylic acids is 1. The predicted molar refractivity (Wildman–Crippen MR) is 172 cm³/mol. The molecule has 0 radical (unpaired) electrons. The number of hydrogen-bond acceptors (Lipinski definition) is 4. The maximum atomic E-state index is 11.2. The van der Waals surface area contributed by atoms with E-state index in [1.165, 1.54) is 28.3 Å². The fraction of sp³-hybridized carbons (Fsp3) is 0.132. The standard InChI is InChI=1S/C38H31N3O2/c1-3-38(4-2)34-22-27(36-20-15-26(25-40-36)21-28(24-39)37(42)43)16-18-32(34)33-19-17-31(23-35(33)38)41(29-11-7-5-8-12-29)30-13-9-6-10-14-30/h5-23,25H,3-4H2,1-2H3,(H,42,43)/b28-21+. The second kappa shape index (κ2) is 11.4. The average Bonchev–Trinajstić information content (AvgIpc) is 3.33. The van der Waals surface area contributed by atoms with Crippen molar-refractivity contribution in [2.45, 2.75) is 32.1 Å². The maximum absolute atomic E-state index is 11.2. The Kier molecular flexibility index (Phi) is 7.36. The van der Waals surface area contributed by atoms with Crippen LogP contribution in [0.4, 0.5) is 17.1 Å². The third-order valence-electron chi connectivity index (χ3n) is 8.58. The molecule has 1 N–H and O–H groups in total. The first kappa shape index (κ1) is 27.7. The summed E-state index contributed by atoms with van der Waals surface area (Å²) in [6.45, 7) is 4.53. The summed E-state index contributed by atoms with van der Waals surface area (Å²) in [5.41, 5.74) is 10.4. The van der Waals surface area contributed by atoms with E-state index in [-0.39, 0.29) is 11.0 Å². The van der Waals surface area contributed by atoms with E-state index in [1.807, 2.05) is 18.2 Å². The highest BCUT2D eigenvalue weighted by molar-refractivity contribution is 5.96. The molecule has 1 aliphatic carbocycles. The third-order valence-corrected chi connectivity index (χ3v) is 8.58. The van der Waals surface area contributed by atoms with Crippen molar-refractivity contribution in [3.8, 4) is 28.5 Å². The van der Waals surface area contributed by atoms with Crippen molar-refractivity contribution in [2.75, 3.05) is 4.90 Å². The summed E-state index contributed by atoms with van der Waals surface area (Å²) in [4.78, 5) is 18.2. The first-order valence-corrected chi connectivity index (χ1v) is 14.5. The van der Waals surface area contributed by atoms with Crippen LogP contribution in [0.5, 0.6) is 0 Å². The molecule has 6 rings (SSSR count). The number of nitriles is 1. The van der Waals surface area contributed by atoms with E-state index in [0.29, 0.717) is 5.56 Å². The lowest BCUT2D eigenvalue weighted by atomic mass is 9.73. The van der Waals surface area contributed by atoms with E-state index in [9.17, 15) is 9.90 Å². The number of rotatable bonds is 8. The first-order valence-electron chi connectivity index (χ1n) is 14.5. The topological polar surface area (TPSA) is 77.2 Å². The highest BCUT2D eigenvalue weighted by Gasteiger charge is 2.41. The summed E-state index contributed by atoms with van der Waals surface area (Å²) >= 11 is 0. The van der Waals surface area contributed by atoms with Gasteiger partial charge in [-0.25, -0.2) is 4.79 Å². The number of aliphatic carboxylic acids is 1. The minimum atomic E-state index is -1.25. The van der Waals surface area contributed by atoms with Gasteiger partial charge >= 0.3 is 5.97 Å². The van der Waals surface area contributed by atoms with Crippen LogP contribution in [0.25, 0.3) is 28.5 Å². The normalized spacial score (nSPS) is 13.1. The Morgan fingerprint density at radius 3 is 1.95 bits per heavy atom. The third kappa shape index (κ3) is 4.87. The van der Waals surface area contributed by atoms with Crippen molar-refractivity contribution < 1.29 is 9.90 Å². The predicted octanol–water partition coefficient (Wildman–Crippen LogP) is 9.30. The molecule has 43 heavy (non-hydrogen) atoms. The molecular weight excluding hydrogens is 530 g/mol. The monoisotopic (exact) mass is 561 g/mol. The van der Waals surface area contributed by atoms with Gasteiger partial charge in [-0.2, -0.15) is 5.26 Å². The second-order valence-electron chi connectivity index (χ2n) is 10.7. The van der Waals surface area contributed by atoms with Crippen LogP contribution < -0.4 is 4.90 Å². The molecule has 5 aromatic rings. The molecule has 5 nitrogen and oxygen atoms in total. The smallest absolute Gasteiger partial charge is 0.346 e. The number of benzene rings is 4. The lowest BCUT2D eigenvalue weighted by Gasteiger charge is -2.32. The van der Waals surface area contributed by atoms with Crippen molar-refractivity contribution >= 4 is 29.1 Å². The van der Waals surface area contributed by atoms with E-state index in [2.05, 4.69) is 109 Å². The molecule has 0 saturated carbocycles. The number of nitrogens with zero attached hydrogens (tertiary/aromatic N) is 3. The van der Waals surface area contributed by atoms with Gasteiger partial charge in [0.25, 0.3) is 0 Å². The zero-order chi connectivity index (χ0) is 30.0. The number of carbonyl (C=O) groups is 1. The van der Waals surface area contributed by atoms with E-state index in [1.54, 1.807) is 18.3 Å². The van der Waals surface area contributed by atoms with Gasteiger partial charge in [0, 0.05) is 34.2 Å². The molecule has 5 heteroatoms. The Morgan fingerprint density at radius 1 is 0.814 bits per heavy atom. The number of pyridine rings is 1. The molecular formula is C38H31N3O2. The number of fused-ring (bicyclic) bond motifs is 3. The fourth-order valence-corrected chi connectivity index (χ4v) is 6.36. The Bertz CT molecular complexity index is 1830. The first-order chi connectivity index (χ1) is 21.0. The van der Waals surface area contributed by atoms with Gasteiger partial charge in [0.15, 0.2) is 0 Å². The van der Waals surface area contributed by atoms with Gasteiger partial charge in [-0.15, -0.1) is 0 Å². The summed E-state index contributed by atoms with van der Waals surface area (Å²) in [5, 5.41) is 18.3. The zero-order valence-corrected chi connectivity index (χ0v) is 24.2. The molecule has 0 spiro atoms. The molecule has 210 valence electrons. The Hall–Kier alpha value is -5.47. The van der Waals surface area contributed by atoms with Crippen molar-refractivity contribution in [3.63, 3.8) is 0 Å². The minimum absolute atomic E-state index is 0.151. The van der Waals surface area contributed by atoms with Gasteiger partial charge in [-0.3, -0.25) is 4.98 Å². The Labute approximate surface area is 252 Å². The zero-order valence-electron chi connectivity index (χ0n) is 24.2. The largest absolute Gasteiger partial charge is 0.477 e. The van der Waals surface area contributed by atoms with Gasteiger partial charge in [-0.05, 0) is 95.3 Å². The highest BCUT2D eigenvalue weighted by atomic mass is 16.4. The van der Waals surface area contributed by atoms with Crippen LogP contribution in [0.3, 0.4) is 0 Å². The van der Waals surface area contributed by atoms with Crippen LogP contribution in [0.15, 0.2) is 121 Å². The molecule has 1 aromatic heterocycles. The SMILES string of the molecule is CCC1(CC)c2cc(-c3ccc(/C=C(\C#N)C(=O)O)cn3)ccc2-c2ccc(N(c3ccccc3)c3ccccc3)cc21. The molecule has 0 aliphatic heterocycles. The molecule has 0 unspecified atom stereocenters. The van der Waals surface area contributed by atoms with Crippen LogP contribution in [0.2, 0.25) is 0 Å². The quantitative estimate of drug-likeness (QED) is 0.151. The second-order valence-corrected chi connectivity index (χ2v) is 10.7. The van der Waals surface area contributed by atoms with Gasteiger partial charge in [-0.1, -0.05) is 74.5 Å². The number of carboxylic acid groups (broad SMARTS) is 1. The summed E-state index contributed by atoms with van der Waals surface area (Å²) < 4.78 is 0. The number of hydrogen-bond donors (Lipinski definition) is 1. The molecule has 0 fully saturated rings. The van der Waals surface area contributed by atoms with Crippen LogP contribution in [0, 0.1) is 11.3 Å². The lowest BCUT2D eigenvalue weighted by Crippen LogP contribution is -2.23. The molecule has 0 saturated heterocycles. The summed E-state index contributed by atoms with van der Waals surface area (Å²) in [7, 11) is 0. The Balaban J connectivity index is 1.43. The van der Waals surface area contributed by atoms with E-state index < -0.39 is 5.97 Å². The van der Waals surface area contributed by atoms with Gasteiger partial charge < -0.3 is 10.0 Å². The highest BCUT2D eigenvalue weighted by Crippen LogP contribution is 2.54. The molecule has 0 bridgehead atoms. The van der Waals surface area contributed by atoms with E-state index in [0.717, 1.165) is 41.2 Å². The summed E-state index contributed by atoms with van der Waals surface area (Å²) in [6, 6.07) is 39.8. The van der Waals surface area contributed by atoms with Crippen molar-refractivity contribution in [1.29, 1.82) is 5.26 Å². The number of aromatic nitrogens is 1. The van der Waals surface area contributed by atoms with Crippen LogP contribution >= 0.6 is 0 Å².